The largest absolute Gasteiger partial charge is 0.361 e. The summed E-state index contributed by atoms with van der Waals surface area (Å²) in [6, 6.07) is 12.6. The van der Waals surface area contributed by atoms with E-state index < -0.39 is 0 Å². The molecule has 1 amide bonds. The van der Waals surface area contributed by atoms with Crippen molar-refractivity contribution in [2.45, 2.75) is 32.7 Å². The number of nitrogens with one attached hydrogen (secondary N) is 4. The van der Waals surface area contributed by atoms with Gasteiger partial charge in [-0.3, -0.25) is 9.79 Å². The summed E-state index contributed by atoms with van der Waals surface area (Å²) in [5.41, 5.74) is 3.78. The summed E-state index contributed by atoms with van der Waals surface area (Å²) < 4.78 is 13.3. The predicted molar refractivity (Wildman–Crippen MR) is 120 cm³/mol. The number of aromatic nitrogens is 1. The van der Waals surface area contributed by atoms with Crippen molar-refractivity contribution < 1.29 is 9.18 Å². The number of aliphatic imine (C=N–C) groups is 1. The average molecular weight is 410 g/mol. The van der Waals surface area contributed by atoms with Crippen LogP contribution in [0.1, 0.15) is 30.9 Å². The van der Waals surface area contributed by atoms with E-state index in [0.717, 1.165) is 40.6 Å². The van der Waals surface area contributed by atoms with Gasteiger partial charge in [-0.25, -0.2) is 4.39 Å². The highest BCUT2D eigenvalue weighted by Crippen LogP contribution is 2.19. The molecular weight excluding hydrogens is 381 g/mol. The predicted octanol–water partition coefficient (Wildman–Crippen LogP) is 3.95. The number of H-pyrrole nitrogens is 1. The summed E-state index contributed by atoms with van der Waals surface area (Å²) in [6.45, 7) is 3.26. The van der Waals surface area contributed by atoms with Gasteiger partial charge < -0.3 is 20.9 Å². The SMILES string of the molecule is CCCC(=O)Nc1cccc(CNC(=NC)NCCc2c[nH]c3cc(F)ccc23)c1. The van der Waals surface area contributed by atoms with Gasteiger partial charge in [-0.2, -0.15) is 0 Å². The van der Waals surface area contributed by atoms with Gasteiger partial charge in [0.25, 0.3) is 0 Å². The molecule has 0 bridgehead atoms. The minimum Gasteiger partial charge on any atom is -0.361 e. The maximum absolute atomic E-state index is 13.3. The van der Waals surface area contributed by atoms with Crippen LogP contribution in [0.5, 0.6) is 0 Å². The molecule has 0 unspecified atom stereocenters. The molecule has 0 fully saturated rings. The van der Waals surface area contributed by atoms with Crippen LogP contribution in [0.2, 0.25) is 0 Å². The fourth-order valence-electron chi connectivity index (χ4n) is 3.30. The number of guanidine groups is 1. The zero-order chi connectivity index (χ0) is 21.3. The summed E-state index contributed by atoms with van der Waals surface area (Å²) in [5.74, 6) is 0.481. The van der Waals surface area contributed by atoms with E-state index in [1.807, 2.05) is 37.4 Å². The van der Waals surface area contributed by atoms with Crippen LogP contribution in [0.25, 0.3) is 10.9 Å². The number of hydrogen-bond acceptors (Lipinski definition) is 2. The van der Waals surface area contributed by atoms with E-state index in [1.54, 1.807) is 13.1 Å². The molecule has 0 spiro atoms. The fourth-order valence-corrected chi connectivity index (χ4v) is 3.30. The molecule has 4 N–H and O–H groups in total. The van der Waals surface area contributed by atoms with Crippen LogP contribution in [0.3, 0.4) is 0 Å². The average Bonchev–Trinajstić information content (AvgIpc) is 3.13. The van der Waals surface area contributed by atoms with E-state index in [1.165, 1.54) is 12.1 Å². The number of rotatable bonds is 8. The van der Waals surface area contributed by atoms with E-state index in [4.69, 9.17) is 0 Å². The minimum absolute atomic E-state index is 0.0279. The van der Waals surface area contributed by atoms with E-state index in [-0.39, 0.29) is 11.7 Å². The molecule has 0 aliphatic heterocycles. The van der Waals surface area contributed by atoms with Crippen molar-refractivity contribution in [3.63, 3.8) is 0 Å². The lowest BCUT2D eigenvalue weighted by Crippen LogP contribution is -2.37. The van der Waals surface area contributed by atoms with Crippen LogP contribution in [-0.2, 0) is 17.8 Å². The van der Waals surface area contributed by atoms with Gasteiger partial charge in [-0.05, 0) is 54.3 Å². The molecule has 0 saturated carbocycles. The third kappa shape index (κ3) is 5.83. The minimum atomic E-state index is -0.243. The smallest absolute Gasteiger partial charge is 0.224 e. The van der Waals surface area contributed by atoms with Gasteiger partial charge in [-0.15, -0.1) is 0 Å². The second-order valence-electron chi connectivity index (χ2n) is 7.10. The zero-order valence-electron chi connectivity index (χ0n) is 17.4. The first kappa shape index (κ1) is 21.4. The molecule has 0 aliphatic carbocycles. The Kier molecular flexibility index (Phi) is 7.43. The van der Waals surface area contributed by atoms with Crippen LogP contribution >= 0.6 is 0 Å². The monoisotopic (exact) mass is 409 g/mol. The fraction of sp³-hybridized carbons (Fsp3) is 0.304. The van der Waals surface area contributed by atoms with E-state index in [0.29, 0.717) is 25.5 Å². The van der Waals surface area contributed by atoms with Crippen LogP contribution in [0.4, 0.5) is 10.1 Å². The molecular formula is C23H28FN5O. The third-order valence-electron chi connectivity index (χ3n) is 4.79. The molecule has 30 heavy (non-hydrogen) atoms. The lowest BCUT2D eigenvalue weighted by molar-refractivity contribution is -0.116. The molecule has 0 aliphatic rings. The quantitative estimate of drug-likeness (QED) is 0.336. The molecule has 2 aromatic carbocycles. The molecule has 0 radical (unpaired) electrons. The normalized spacial score (nSPS) is 11.5. The van der Waals surface area contributed by atoms with Gasteiger partial charge in [0.15, 0.2) is 5.96 Å². The van der Waals surface area contributed by atoms with Gasteiger partial charge in [0.1, 0.15) is 5.82 Å². The molecule has 1 aromatic heterocycles. The highest BCUT2D eigenvalue weighted by molar-refractivity contribution is 5.90. The Morgan fingerprint density at radius 2 is 2.03 bits per heavy atom. The first-order chi connectivity index (χ1) is 14.6. The Morgan fingerprint density at radius 3 is 2.83 bits per heavy atom. The Bertz CT molecular complexity index is 1030. The van der Waals surface area contributed by atoms with Crippen molar-refractivity contribution in [1.29, 1.82) is 0 Å². The Morgan fingerprint density at radius 1 is 1.17 bits per heavy atom. The third-order valence-corrected chi connectivity index (χ3v) is 4.79. The number of nitrogens with zero attached hydrogens (tertiary/aromatic N) is 1. The van der Waals surface area contributed by atoms with Crippen molar-refractivity contribution in [2.24, 2.45) is 4.99 Å². The van der Waals surface area contributed by atoms with E-state index in [2.05, 4.69) is 25.9 Å². The summed E-state index contributed by atoms with van der Waals surface area (Å²) in [5, 5.41) is 10.5. The second-order valence-corrected chi connectivity index (χ2v) is 7.10. The Balaban J connectivity index is 1.49. The van der Waals surface area contributed by atoms with Crippen LogP contribution in [-0.4, -0.2) is 30.4 Å². The van der Waals surface area contributed by atoms with Crippen molar-refractivity contribution in [1.82, 2.24) is 15.6 Å². The number of aromatic amines is 1. The molecule has 7 heteroatoms. The van der Waals surface area contributed by atoms with Gasteiger partial charge in [0.05, 0.1) is 0 Å². The molecule has 158 valence electrons. The molecule has 3 aromatic rings. The summed E-state index contributed by atoms with van der Waals surface area (Å²) in [7, 11) is 1.73. The van der Waals surface area contributed by atoms with Gasteiger partial charge in [-0.1, -0.05) is 19.1 Å². The number of fused-ring (bicyclic) bond motifs is 1. The van der Waals surface area contributed by atoms with Gasteiger partial charge >= 0.3 is 0 Å². The summed E-state index contributed by atoms with van der Waals surface area (Å²) in [6.07, 6.45) is 4.04. The number of anilines is 1. The highest BCUT2D eigenvalue weighted by Gasteiger charge is 2.06. The number of carbonyl (C=O) groups excluding carboxylic acids is 1. The summed E-state index contributed by atoms with van der Waals surface area (Å²) >= 11 is 0. The van der Waals surface area contributed by atoms with Crippen molar-refractivity contribution in [3.05, 3.63) is 65.6 Å². The number of amides is 1. The van der Waals surface area contributed by atoms with E-state index in [9.17, 15) is 9.18 Å². The summed E-state index contributed by atoms with van der Waals surface area (Å²) in [4.78, 5) is 19.1. The molecule has 3 rings (SSSR count). The van der Waals surface area contributed by atoms with E-state index >= 15 is 0 Å². The van der Waals surface area contributed by atoms with Crippen molar-refractivity contribution in [2.75, 3.05) is 18.9 Å². The topological polar surface area (TPSA) is 81.3 Å². The number of hydrogen-bond donors (Lipinski definition) is 4. The molecule has 0 saturated heterocycles. The van der Waals surface area contributed by atoms with Gasteiger partial charge in [0.2, 0.25) is 5.91 Å². The standard InChI is InChI=1S/C23H28FN5O/c1-3-5-22(30)29-19-7-4-6-16(12-19)14-28-23(25-2)26-11-10-17-15-27-21-13-18(24)8-9-20(17)21/h4,6-9,12-13,15,27H,3,5,10-11,14H2,1-2H3,(H,29,30)(H2,25,26,28). The highest BCUT2D eigenvalue weighted by atomic mass is 19.1. The second kappa shape index (κ2) is 10.4. The van der Waals surface area contributed by atoms with Crippen LogP contribution < -0.4 is 16.0 Å². The number of halogens is 1. The molecule has 1 heterocycles. The van der Waals surface area contributed by atoms with Crippen LogP contribution in [0.15, 0.2) is 53.7 Å². The maximum atomic E-state index is 13.3. The first-order valence-electron chi connectivity index (χ1n) is 10.2. The molecule has 6 nitrogen and oxygen atoms in total. The van der Waals surface area contributed by atoms with Crippen LogP contribution in [0, 0.1) is 5.82 Å². The van der Waals surface area contributed by atoms with Crippen molar-refractivity contribution in [3.8, 4) is 0 Å². The Hall–Kier alpha value is -3.35. The maximum Gasteiger partial charge on any atom is 0.224 e. The zero-order valence-corrected chi connectivity index (χ0v) is 17.4. The number of carbonyl (C=O) groups is 1. The van der Waals surface area contributed by atoms with Gasteiger partial charge in [0, 0.05) is 49.3 Å². The Labute approximate surface area is 176 Å². The lowest BCUT2D eigenvalue weighted by atomic mass is 10.1. The first-order valence-corrected chi connectivity index (χ1v) is 10.2. The number of benzene rings is 2. The van der Waals surface area contributed by atoms with Crippen molar-refractivity contribution >= 4 is 28.5 Å². The lowest BCUT2D eigenvalue weighted by Gasteiger charge is -2.13. The molecule has 0 atom stereocenters.